The SMILES string of the molecule is CCC(C)CC(C)NC(=O)N1CCCCC1CCC(=O)O. The van der Waals surface area contributed by atoms with Gasteiger partial charge in [0, 0.05) is 25.0 Å². The lowest BCUT2D eigenvalue weighted by atomic mass is 9.98. The fourth-order valence-corrected chi connectivity index (χ4v) is 2.98. The summed E-state index contributed by atoms with van der Waals surface area (Å²) < 4.78 is 0. The van der Waals surface area contributed by atoms with E-state index in [0.717, 1.165) is 38.6 Å². The third-order valence-corrected chi connectivity index (χ3v) is 4.40. The van der Waals surface area contributed by atoms with Crippen LogP contribution in [0.2, 0.25) is 0 Å². The minimum atomic E-state index is -0.786. The van der Waals surface area contributed by atoms with Gasteiger partial charge in [-0.3, -0.25) is 4.79 Å². The Kier molecular flexibility index (Phi) is 7.54. The monoisotopic (exact) mass is 298 g/mol. The molecule has 1 saturated heterocycles. The number of hydrogen-bond acceptors (Lipinski definition) is 2. The van der Waals surface area contributed by atoms with Gasteiger partial charge in [-0.25, -0.2) is 4.79 Å². The van der Waals surface area contributed by atoms with Crippen LogP contribution in [-0.4, -0.2) is 40.6 Å². The topological polar surface area (TPSA) is 69.6 Å². The van der Waals surface area contributed by atoms with E-state index in [-0.39, 0.29) is 24.5 Å². The average Bonchev–Trinajstić information content (AvgIpc) is 2.44. The molecule has 5 heteroatoms. The van der Waals surface area contributed by atoms with E-state index in [2.05, 4.69) is 19.2 Å². The molecule has 21 heavy (non-hydrogen) atoms. The Morgan fingerprint density at radius 2 is 2.05 bits per heavy atom. The quantitative estimate of drug-likeness (QED) is 0.758. The minimum Gasteiger partial charge on any atom is -0.481 e. The van der Waals surface area contributed by atoms with Crippen molar-refractivity contribution in [1.82, 2.24) is 10.2 Å². The Bertz CT molecular complexity index is 346. The first-order valence-corrected chi connectivity index (χ1v) is 8.23. The van der Waals surface area contributed by atoms with E-state index in [0.29, 0.717) is 12.3 Å². The summed E-state index contributed by atoms with van der Waals surface area (Å²) in [5.41, 5.74) is 0. The molecule has 1 fully saturated rings. The normalized spacial score (nSPS) is 21.7. The minimum absolute atomic E-state index is 0.0270. The van der Waals surface area contributed by atoms with Gasteiger partial charge in [-0.15, -0.1) is 0 Å². The van der Waals surface area contributed by atoms with Crippen LogP contribution >= 0.6 is 0 Å². The lowest BCUT2D eigenvalue weighted by Gasteiger charge is -2.36. The summed E-state index contributed by atoms with van der Waals surface area (Å²) in [4.78, 5) is 25.0. The molecule has 0 radical (unpaired) electrons. The predicted octanol–water partition coefficient (Wildman–Crippen LogP) is 3.24. The maximum atomic E-state index is 12.4. The molecule has 0 saturated carbocycles. The summed E-state index contributed by atoms with van der Waals surface area (Å²) in [5.74, 6) is -0.185. The van der Waals surface area contributed by atoms with Crippen molar-refractivity contribution in [2.24, 2.45) is 5.92 Å². The lowest BCUT2D eigenvalue weighted by molar-refractivity contribution is -0.137. The van der Waals surface area contributed by atoms with Crippen LogP contribution in [0, 0.1) is 5.92 Å². The molecule has 5 nitrogen and oxygen atoms in total. The molecule has 1 heterocycles. The van der Waals surface area contributed by atoms with Crippen molar-refractivity contribution in [3.8, 4) is 0 Å². The Hall–Kier alpha value is -1.26. The fraction of sp³-hybridized carbons (Fsp3) is 0.875. The van der Waals surface area contributed by atoms with Crippen molar-refractivity contribution in [3.05, 3.63) is 0 Å². The molecule has 2 amide bonds. The predicted molar refractivity (Wildman–Crippen MR) is 83.3 cm³/mol. The molecule has 122 valence electrons. The highest BCUT2D eigenvalue weighted by atomic mass is 16.4. The number of nitrogens with zero attached hydrogens (tertiary/aromatic N) is 1. The van der Waals surface area contributed by atoms with E-state index in [9.17, 15) is 9.59 Å². The highest BCUT2D eigenvalue weighted by molar-refractivity contribution is 5.75. The fourth-order valence-electron chi connectivity index (χ4n) is 2.98. The second kappa shape index (κ2) is 8.90. The molecule has 1 rings (SSSR count). The number of carbonyl (C=O) groups is 2. The molecular weight excluding hydrogens is 268 g/mol. The zero-order valence-corrected chi connectivity index (χ0v) is 13.6. The van der Waals surface area contributed by atoms with E-state index in [1.807, 2.05) is 11.8 Å². The molecule has 0 aromatic carbocycles. The number of likely N-dealkylation sites (tertiary alicyclic amines) is 1. The summed E-state index contributed by atoms with van der Waals surface area (Å²) >= 11 is 0. The van der Waals surface area contributed by atoms with Crippen LogP contribution in [0.3, 0.4) is 0 Å². The van der Waals surface area contributed by atoms with Crippen LogP contribution in [0.4, 0.5) is 4.79 Å². The molecule has 0 spiro atoms. The van der Waals surface area contributed by atoms with Crippen molar-refractivity contribution in [1.29, 1.82) is 0 Å². The molecule has 1 aliphatic rings. The van der Waals surface area contributed by atoms with Crippen molar-refractivity contribution < 1.29 is 14.7 Å². The standard InChI is InChI=1S/C16H30N2O3/c1-4-12(2)11-13(3)17-16(21)18-10-6-5-7-14(18)8-9-15(19)20/h12-14H,4-11H2,1-3H3,(H,17,21)(H,19,20). The molecule has 2 N–H and O–H groups in total. The van der Waals surface area contributed by atoms with Crippen LogP contribution in [-0.2, 0) is 4.79 Å². The number of rotatable bonds is 7. The van der Waals surface area contributed by atoms with Crippen LogP contribution in [0.5, 0.6) is 0 Å². The molecule has 3 unspecified atom stereocenters. The Morgan fingerprint density at radius 3 is 2.67 bits per heavy atom. The van der Waals surface area contributed by atoms with Crippen molar-refractivity contribution in [3.63, 3.8) is 0 Å². The lowest BCUT2D eigenvalue weighted by Crippen LogP contribution is -2.51. The van der Waals surface area contributed by atoms with Crippen LogP contribution < -0.4 is 5.32 Å². The van der Waals surface area contributed by atoms with Gasteiger partial charge in [0.15, 0.2) is 0 Å². The molecule has 1 aliphatic heterocycles. The van der Waals surface area contributed by atoms with E-state index < -0.39 is 5.97 Å². The van der Waals surface area contributed by atoms with Crippen LogP contribution in [0.15, 0.2) is 0 Å². The van der Waals surface area contributed by atoms with Gasteiger partial charge in [0.25, 0.3) is 0 Å². The molecule has 3 atom stereocenters. The smallest absolute Gasteiger partial charge is 0.317 e. The highest BCUT2D eigenvalue weighted by Crippen LogP contribution is 2.21. The van der Waals surface area contributed by atoms with Crippen molar-refractivity contribution in [2.45, 2.75) is 77.8 Å². The molecule has 0 aromatic rings. The molecule has 0 bridgehead atoms. The first-order chi connectivity index (χ1) is 9.93. The number of piperidine rings is 1. The summed E-state index contributed by atoms with van der Waals surface area (Å²) in [6.45, 7) is 7.14. The largest absolute Gasteiger partial charge is 0.481 e. The maximum Gasteiger partial charge on any atom is 0.317 e. The Labute approximate surface area is 128 Å². The van der Waals surface area contributed by atoms with Gasteiger partial charge >= 0.3 is 12.0 Å². The first-order valence-electron chi connectivity index (χ1n) is 8.23. The number of carboxylic acid groups (broad SMARTS) is 1. The molecule has 0 aliphatic carbocycles. The van der Waals surface area contributed by atoms with E-state index in [4.69, 9.17) is 5.11 Å². The summed E-state index contributed by atoms with van der Waals surface area (Å²) in [6.07, 6.45) is 5.80. The average molecular weight is 298 g/mol. The zero-order chi connectivity index (χ0) is 15.8. The number of nitrogens with one attached hydrogen (secondary N) is 1. The summed E-state index contributed by atoms with van der Waals surface area (Å²) in [7, 11) is 0. The van der Waals surface area contributed by atoms with Crippen molar-refractivity contribution in [2.75, 3.05) is 6.54 Å². The van der Waals surface area contributed by atoms with Gasteiger partial charge in [0.2, 0.25) is 0 Å². The van der Waals surface area contributed by atoms with E-state index in [1.165, 1.54) is 0 Å². The van der Waals surface area contributed by atoms with E-state index >= 15 is 0 Å². The van der Waals surface area contributed by atoms with E-state index in [1.54, 1.807) is 0 Å². The Morgan fingerprint density at radius 1 is 1.33 bits per heavy atom. The van der Waals surface area contributed by atoms with Gasteiger partial charge in [-0.05, 0) is 44.9 Å². The van der Waals surface area contributed by atoms with Gasteiger partial charge in [0.1, 0.15) is 0 Å². The Balaban J connectivity index is 2.50. The third-order valence-electron chi connectivity index (χ3n) is 4.40. The van der Waals surface area contributed by atoms with Gasteiger partial charge in [-0.1, -0.05) is 20.3 Å². The molecular formula is C16H30N2O3. The van der Waals surface area contributed by atoms with Crippen LogP contribution in [0.25, 0.3) is 0 Å². The second-order valence-corrected chi connectivity index (χ2v) is 6.38. The van der Waals surface area contributed by atoms with Gasteiger partial charge in [-0.2, -0.15) is 0 Å². The number of hydrogen-bond donors (Lipinski definition) is 2. The number of aliphatic carboxylic acids is 1. The molecule has 0 aromatic heterocycles. The maximum absolute atomic E-state index is 12.4. The second-order valence-electron chi connectivity index (χ2n) is 6.38. The summed E-state index contributed by atoms with van der Waals surface area (Å²) in [5, 5.41) is 11.9. The third kappa shape index (κ3) is 6.36. The number of urea groups is 1. The first kappa shape index (κ1) is 17.8. The van der Waals surface area contributed by atoms with Gasteiger partial charge < -0.3 is 15.3 Å². The number of amides is 2. The number of carbonyl (C=O) groups excluding carboxylic acids is 1. The zero-order valence-electron chi connectivity index (χ0n) is 13.6. The highest BCUT2D eigenvalue weighted by Gasteiger charge is 2.27. The summed E-state index contributed by atoms with van der Waals surface area (Å²) in [6, 6.07) is 0.209. The van der Waals surface area contributed by atoms with Crippen LogP contribution in [0.1, 0.15) is 65.7 Å². The number of carboxylic acids is 1. The van der Waals surface area contributed by atoms with Crippen molar-refractivity contribution >= 4 is 12.0 Å². The van der Waals surface area contributed by atoms with Gasteiger partial charge in [0.05, 0.1) is 0 Å².